The summed E-state index contributed by atoms with van der Waals surface area (Å²) < 4.78 is 26.0. The van der Waals surface area contributed by atoms with Gasteiger partial charge in [-0.05, 0) is 37.1 Å². The van der Waals surface area contributed by atoms with E-state index < -0.39 is 28.5 Å². The smallest absolute Gasteiger partial charge is 0.244 e. The molecule has 0 unspecified atom stereocenters. The van der Waals surface area contributed by atoms with Crippen LogP contribution in [0.3, 0.4) is 0 Å². The highest BCUT2D eigenvalue weighted by Crippen LogP contribution is 2.29. The second-order valence-corrected chi connectivity index (χ2v) is 11.4. The molecule has 2 aromatic rings. The number of halogens is 3. The van der Waals surface area contributed by atoms with Crippen LogP contribution in [0.15, 0.2) is 42.5 Å². The van der Waals surface area contributed by atoms with E-state index in [0.29, 0.717) is 22.2 Å². The number of amides is 2. The van der Waals surface area contributed by atoms with Crippen LogP contribution in [0, 0.1) is 5.92 Å². The molecule has 2 aromatic carbocycles. The SMILES string of the molecule is CC(C)CNC(=O)[C@@H](C)N(Cc1c(Cl)cccc1Cl)C(=O)CN(c1ccccc1Cl)S(C)(=O)=O. The van der Waals surface area contributed by atoms with Gasteiger partial charge in [0.25, 0.3) is 0 Å². The van der Waals surface area contributed by atoms with Crippen LogP contribution in [0.5, 0.6) is 0 Å². The molecule has 186 valence electrons. The monoisotopic (exact) mass is 547 g/mol. The van der Waals surface area contributed by atoms with E-state index in [1.807, 2.05) is 13.8 Å². The summed E-state index contributed by atoms with van der Waals surface area (Å²) >= 11 is 18.8. The minimum absolute atomic E-state index is 0.0896. The number of rotatable bonds is 10. The predicted octanol–water partition coefficient (Wildman–Crippen LogP) is 4.60. The van der Waals surface area contributed by atoms with Gasteiger partial charge < -0.3 is 10.2 Å². The first-order valence-electron chi connectivity index (χ1n) is 10.5. The van der Waals surface area contributed by atoms with Crippen LogP contribution < -0.4 is 9.62 Å². The van der Waals surface area contributed by atoms with Crippen LogP contribution in [-0.2, 0) is 26.2 Å². The van der Waals surface area contributed by atoms with Gasteiger partial charge >= 0.3 is 0 Å². The van der Waals surface area contributed by atoms with Gasteiger partial charge in [0, 0.05) is 28.7 Å². The van der Waals surface area contributed by atoms with Crippen molar-refractivity contribution >= 4 is 62.3 Å². The van der Waals surface area contributed by atoms with Crippen molar-refractivity contribution in [3.8, 4) is 0 Å². The second kappa shape index (κ2) is 12.1. The minimum Gasteiger partial charge on any atom is -0.354 e. The maximum absolute atomic E-state index is 13.5. The van der Waals surface area contributed by atoms with Gasteiger partial charge in [0.05, 0.1) is 17.0 Å². The zero-order valence-corrected chi connectivity index (χ0v) is 22.5. The number of carbonyl (C=O) groups is 2. The molecule has 0 aliphatic rings. The van der Waals surface area contributed by atoms with Crippen LogP contribution in [0.1, 0.15) is 26.3 Å². The molecule has 0 saturated heterocycles. The molecule has 0 radical (unpaired) electrons. The average Bonchev–Trinajstić information content (AvgIpc) is 2.75. The molecule has 2 amide bonds. The number of anilines is 1. The van der Waals surface area contributed by atoms with Gasteiger partial charge in [0.2, 0.25) is 21.8 Å². The highest BCUT2D eigenvalue weighted by Gasteiger charge is 2.31. The van der Waals surface area contributed by atoms with E-state index in [2.05, 4.69) is 5.32 Å². The molecular weight excluding hydrogens is 521 g/mol. The van der Waals surface area contributed by atoms with Crippen LogP contribution in [-0.4, -0.2) is 50.5 Å². The topological polar surface area (TPSA) is 86.8 Å². The van der Waals surface area contributed by atoms with Gasteiger partial charge in [0.1, 0.15) is 12.6 Å². The van der Waals surface area contributed by atoms with Crippen molar-refractivity contribution in [3.63, 3.8) is 0 Å². The Morgan fingerprint density at radius 2 is 1.50 bits per heavy atom. The van der Waals surface area contributed by atoms with E-state index in [1.165, 1.54) is 17.0 Å². The van der Waals surface area contributed by atoms with Gasteiger partial charge in [-0.3, -0.25) is 13.9 Å². The lowest BCUT2D eigenvalue weighted by Gasteiger charge is -2.32. The molecule has 0 saturated carbocycles. The van der Waals surface area contributed by atoms with Crippen molar-refractivity contribution in [3.05, 3.63) is 63.1 Å². The molecular formula is C23H28Cl3N3O4S. The van der Waals surface area contributed by atoms with Gasteiger partial charge in [-0.1, -0.05) is 66.8 Å². The Morgan fingerprint density at radius 3 is 2.03 bits per heavy atom. The fourth-order valence-corrected chi connectivity index (χ4v) is 4.80. The molecule has 0 aliphatic heterocycles. The summed E-state index contributed by atoms with van der Waals surface area (Å²) in [5, 5.41) is 3.63. The molecule has 1 N–H and O–H groups in total. The molecule has 34 heavy (non-hydrogen) atoms. The number of hydrogen-bond donors (Lipinski definition) is 1. The molecule has 1 atom stereocenters. The Morgan fingerprint density at radius 1 is 0.941 bits per heavy atom. The van der Waals surface area contributed by atoms with Crippen molar-refractivity contribution in [2.45, 2.75) is 33.4 Å². The Kier molecular flexibility index (Phi) is 10.1. The lowest BCUT2D eigenvalue weighted by Crippen LogP contribution is -2.51. The van der Waals surface area contributed by atoms with Crippen molar-refractivity contribution < 1.29 is 18.0 Å². The molecule has 0 spiro atoms. The lowest BCUT2D eigenvalue weighted by molar-refractivity contribution is -0.139. The predicted molar refractivity (Wildman–Crippen MR) is 138 cm³/mol. The summed E-state index contributed by atoms with van der Waals surface area (Å²) in [6.07, 6.45) is 0.984. The zero-order valence-electron chi connectivity index (χ0n) is 19.4. The summed E-state index contributed by atoms with van der Waals surface area (Å²) in [5.74, 6) is -0.790. The second-order valence-electron chi connectivity index (χ2n) is 8.26. The Labute approximate surface area is 216 Å². The quantitative estimate of drug-likeness (QED) is 0.470. The maximum atomic E-state index is 13.5. The molecule has 11 heteroatoms. The number of sulfonamides is 1. The number of nitrogens with zero attached hydrogens (tertiary/aromatic N) is 2. The Bertz CT molecular complexity index is 1120. The first kappa shape index (κ1) is 28.2. The van der Waals surface area contributed by atoms with E-state index in [4.69, 9.17) is 34.8 Å². The Balaban J connectivity index is 2.44. The fourth-order valence-electron chi connectivity index (χ4n) is 3.14. The number of nitrogens with one attached hydrogen (secondary N) is 1. The first-order valence-corrected chi connectivity index (χ1v) is 13.5. The van der Waals surface area contributed by atoms with E-state index in [1.54, 1.807) is 37.3 Å². The third kappa shape index (κ3) is 7.50. The summed E-state index contributed by atoms with van der Waals surface area (Å²) in [5.41, 5.74) is 0.610. The van der Waals surface area contributed by atoms with Gasteiger partial charge in [-0.25, -0.2) is 8.42 Å². The summed E-state index contributed by atoms with van der Waals surface area (Å²) in [7, 11) is -3.88. The lowest BCUT2D eigenvalue weighted by atomic mass is 10.1. The molecule has 0 bridgehead atoms. The van der Waals surface area contributed by atoms with E-state index in [-0.39, 0.29) is 29.1 Å². The largest absolute Gasteiger partial charge is 0.354 e. The normalized spacial score (nSPS) is 12.4. The van der Waals surface area contributed by atoms with Crippen molar-refractivity contribution in [1.29, 1.82) is 0 Å². The van der Waals surface area contributed by atoms with E-state index in [9.17, 15) is 18.0 Å². The van der Waals surface area contributed by atoms with Crippen molar-refractivity contribution in [2.75, 3.05) is 23.7 Å². The molecule has 0 heterocycles. The van der Waals surface area contributed by atoms with E-state index >= 15 is 0 Å². The van der Waals surface area contributed by atoms with Crippen molar-refractivity contribution in [1.82, 2.24) is 10.2 Å². The number of carbonyl (C=O) groups excluding carboxylic acids is 2. The van der Waals surface area contributed by atoms with Crippen LogP contribution in [0.2, 0.25) is 15.1 Å². The van der Waals surface area contributed by atoms with Gasteiger partial charge in [-0.15, -0.1) is 0 Å². The molecule has 2 rings (SSSR count). The number of hydrogen-bond acceptors (Lipinski definition) is 4. The third-order valence-corrected chi connectivity index (χ3v) is 7.20. The number of benzene rings is 2. The van der Waals surface area contributed by atoms with E-state index in [0.717, 1.165) is 10.6 Å². The zero-order chi connectivity index (χ0) is 25.6. The van der Waals surface area contributed by atoms with Crippen LogP contribution in [0.25, 0.3) is 0 Å². The van der Waals surface area contributed by atoms with Crippen LogP contribution in [0.4, 0.5) is 5.69 Å². The maximum Gasteiger partial charge on any atom is 0.244 e. The number of para-hydroxylation sites is 1. The average molecular weight is 549 g/mol. The van der Waals surface area contributed by atoms with Crippen LogP contribution >= 0.6 is 34.8 Å². The highest BCUT2D eigenvalue weighted by atomic mass is 35.5. The van der Waals surface area contributed by atoms with Gasteiger partial charge in [-0.2, -0.15) is 0 Å². The minimum atomic E-state index is -3.88. The third-order valence-electron chi connectivity index (χ3n) is 5.04. The molecule has 0 aliphatic carbocycles. The molecule has 0 aromatic heterocycles. The highest BCUT2D eigenvalue weighted by molar-refractivity contribution is 7.92. The summed E-state index contributed by atoms with van der Waals surface area (Å²) in [6.45, 7) is 5.24. The molecule has 7 nitrogen and oxygen atoms in total. The van der Waals surface area contributed by atoms with Crippen molar-refractivity contribution in [2.24, 2.45) is 5.92 Å². The standard InChI is InChI=1S/C23H28Cl3N3O4S/c1-15(2)12-27-23(31)16(3)28(13-17-18(24)9-7-10-19(17)25)22(30)14-29(34(4,32)33)21-11-6-5-8-20(21)26/h5-11,15-16H,12-14H2,1-4H3,(H,27,31)/t16-/m1/s1. The summed E-state index contributed by atoms with van der Waals surface area (Å²) in [4.78, 5) is 27.6. The fraction of sp³-hybridized carbons (Fsp3) is 0.391. The Hall–Kier alpha value is -2.00. The first-order chi connectivity index (χ1) is 15.8. The van der Waals surface area contributed by atoms with Gasteiger partial charge in [0.15, 0.2) is 0 Å². The summed E-state index contributed by atoms with van der Waals surface area (Å²) in [6, 6.07) is 10.3. The molecule has 0 fully saturated rings.